The Balaban J connectivity index is 5.17. The van der Waals surface area contributed by atoms with E-state index in [1.165, 1.54) is 225 Å². The van der Waals surface area contributed by atoms with Gasteiger partial charge in [0, 0.05) is 25.7 Å². The number of hydrogen-bond acceptors (Lipinski definition) is 15. The van der Waals surface area contributed by atoms with E-state index < -0.39 is 97.5 Å². The summed E-state index contributed by atoms with van der Waals surface area (Å²) in [5, 5.41) is 10.6. The van der Waals surface area contributed by atoms with Gasteiger partial charge >= 0.3 is 39.5 Å². The molecule has 0 saturated heterocycles. The molecule has 0 rings (SSSR count). The van der Waals surface area contributed by atoms with Gasteiger partial charge in [0.15, 0.2) is 12.2 Å². The van der Waals surface area contributed by atoms with Gasteiger partial charge < -0.3 is 33.8 Å². The van der Waals surface area contributed by atoms with E-state index in [1.54, 1.807) is 0 Å². The van der Waals surface area contributed by atoms with Crippen molar-refractivity contribution in [2.75, 3.05) is 39.6 Å². The minimum Gasteiger partial charge on any atom is -0.462 e. The summed E-state index contributed by atoms with van der Waals surface area (Å²) in [5.74, 6) is 0.997. The number of phosphoric ester groups is 2. The lowest BCUT2D eigenvalue weighted by Gasteiger charge is -2.21. The minimum atomic E-state index is -4.96. The molecule has 0 radical (unpaired) electrons. The molecule has 0 aliphatic carbocycles. The van der Waals surface area contributed by atoms with Crippen LogP contribution in [0.15, 0.2) is 0 Å². The van der Waals surface area contributed by atoms with E-state index in [9.17, 15) is 43.2 Å². The molecule has 17 nitrogen and oxygen atoms in total. The molecule has 0 aliphatic heterocycles. The molecule has 0 bridgehead atoms. The fourth-order valence-electron chi connectivity index (χ4n) is 12.8. The maximum atomic E-state index is 13.1. The number of carbonyl (C=O) groups excluding carboxylic acids is 4. The minimum absolute atomic E-state index is 0.107. The number of phosphoric acid groups is 2. The van der Waals surface area contributed by atoms with E-state index in [1.807, 2.05) is 0 Å². The molecular formula is C83H162O17P2. The van der Waals surface area contributed by atoms with Crippen LogP contribution in [-0.4, -0.2) is 96.7 Å². The van der Waals surface area contributed by atoms with Gasteiger partial charge in [-0.25, -0.2) is 9.13 Å². The first kappa shape index (κ1) is 100. The van der Waals surface area contributed by atoms with Gasteiger partial charge in [0.05, 0.1) is 26.4 Å². The van der Waals surface area contributed by atoms with Gasteiger partial charge in [-0.3, -0.25) is 37.3 Å². The van der Waals surface area contributed by atoms with Crippen LogP contribution in [0.2, 0.25) is 0 Å². The van der Waals surface area contributed by atoms with Crippen LogP contribution in [-0.2, 0) is 65.4 Å². The third kappa shape index (κ3) is 74.9. The fourth-order valence-corrected chi connectivity index (χ4v) is 14.3. The number of aliphatic hydroxyl groups is 1. The first-order chi connectivity index (χ1) is 49.1. The number of aliphatic hydroxyl groups excluding tert-OH is 1. The van der Waals surface area contributed by atoms with E-state index in [0.717, 1.165) is 114 Å². The summed E-state index contributed by atoms with van der Waals surface area (Å²) in [6.07, 6.45) is 59.9. The Morgan fingerprint density at radius 3 is 0.696 bits per heavy atom. The van der Waals surface area contributed by atoms with Gasteiger partial charge in [-0.15, -0.1) is 0 Å². The number of ether oxygens (including phenoxy) is 4. The van der Waals surface area contributed by atoms with E-state index in [4.69, 9.17) is 37.0 Å². The molecule has 0 fully saturated rings. The number of hydrogen-bond donors (Lipinski definition) is 3. The predicted octanol–water partition coefficient (Wildman–Crippen LogP) is 24.8. The van der Waals surface area contributed by atoms with Gasteiger partial charge in [0.25, 0.3) is 0 Å². The highest BCUT2D eigenvalue weighted by molar-refractivity contribution is 7.47. The third-order valence-corrected chi connectivity index (χ3v) is 21.6. The van der Waals surface area contributed by atoms with E-state index >= 15 is 0 Å². The van der Waals surface area contributed by atoms with Gasteiger partial charge in [0.2, 0.25) is 0 Å². The highest BCUT2D eigenvalue weighted by atomic mass is 31.2. The van der Waals surface area contributed by atoms with Crippen LogP contribution in [0.1, 0.15) is 428 Å². The van der Waals surface area contributed by atoms with Crippen molar-refractivity contribution in [2.24, 2.45) is 23.7 Å². The quantitative estimate of drug-likeness (QED) is 0.0222. The van der Waals surface area contributed by atoms with Crippen LogP contribution in [0.4, 0.5) is 0 Å². The van der Waals surface area contributed by atoms with Crippen molar-refractivity contribution >= 4 is 39.5 Å². The Kier molecular flexibility index (Phi) is 70.6. The lowest BCUT2D eigenvalue weighted by molar-refractivity contribution is -0.161. The highest BCUT2D eigenvalue weighted by Gasteiger charge is 2.30. The van der Waals surface area contributed by atoms with Crippen molar-refractivity contribution in [3.63, 3.8) is 0 Å². The monoisotopic (exact) mass is 1490 g/mol. The predicted molar refractivity (Wildman–Crippen MR) is 418 cm³/mol. The Morgan fingerprint density at radius 2 is 0.471 bits per heavy atom. The second-order valence-corrected chi connectivity index (χ2v) is 34.4. The number of carbonyl (C=O) groups is 4. The molecule has 0 aromatic carbocycles. The third-order valence-electron chi connectivity index (χ3n) is 19.7. The summed E-state index contributed by atoms with van der Waals surface area (Å²) in [5.41, 5.74) is 0. The Morgan fingerprint density at radius 1 is 0.275 bits per heavy atom. The van der Waals surface area contributed by atoms with Crippen LogP contribution < -0.4 is 0 Å². The maximum absolute atomic E-state index is 13.1. The molecular weight excluding hydrogens is 1330 g/mol. The second-order valence-electron chi connectivity index (χ2n) is 31.5. The number of unbranched alkanes of at least 4 members (excludes halogenated alkanes) is 45. The zero-order valence-corrected chi connectivity index (χ0v) is 69.0. The van der Waals surface area contributed by atoms with Crippen molar-refractivity contribution in [3.8, 4) is 0 Å². The Labute approximate surface area is 626 Å². The molecule has 3 unspecified atom stereocenters. The van der Waals surface area contributed by atoms with Gasteiger partial charge in [0.1, 0.15) is 19.3 Å². The second kappa shape index (κ2) is 72.0. The topological polar surface area (TPSA) is 237 Å². The summed E-state index contributed by atoms with van der Waals surface area (Å²) in [4.78, 5) is 73.0. The van der Waals surface area contributed by atoms with Gasteiger partial charge in [-0.05, 0) is 49.4 Å². The molecule has 0 aromatic rings. The first-order valence-corrected chi connectivity index (χ1v) is 45.7. The maximum Gasteiger partial charge on any atom is 0.472 e. The first-order valence-electron chi connectivity index (χ1n) is 42.7. The van der Waals surface area contributed by atoms with Crippen LogP contribution in [0.3, 0.4) is 0 Å². The van der Waals surface area contributed by atoms with Crippen LogP contribution >= 0.6 is 15.6 Å². The smallest absolute Gasteiger partial charge is 0.462 e. The largest absolute Gasteiger partial charge is 0.472 e. The summed E-state index contributed by atoms with van der Waals surface area (Å²) >= 11 is 0. The van der Waals surface area contributed by atoms with E-state index in [2.05, 4.69) is 55.4 Å². The molecule has 0 aromatic heterocycles. The SMILES string of the molecule is CCC(C)CCCCCCCCCCCCCCCCCCCCC(=O)O[C@H](COC(=O)CCCCCCCCC(C)C)COP(=O)(O)OC[C@H](O)COP(=O)(O)OC[C@@H](COC(=O)CCCCCCCCCCCCC(C)C)OC(=O)CCCCCCCCCCCCCCCCCC(C)C. The Bertz CT molecular complexity index is 1990. The highest BCUT2D eigenvalue weighted by Crippen LogP contribution is 2.45. The van der Waals surface area contributed by atoms with Gasteiger partial charge in [-0.1, -0.05) is 376 Å². The van der Waals surface area contributed by atoms with Crippen molar-refractivity contribution in [1.29, 1.82) is 0 Å². The van der Waals surface area contributed by atoms with Crippen molar-refractivity contribution in [2.45, 2.75) is 446 Å². The van der Waals surface area contributed by atoms with Crippen LogP contribution in [0.5, 0.6) is 0 Å². The zero-order valence-electron chi connectivity index (χ0n) is 67.2. The summed E-state index contributed by atoms with van der Waals surface area (Å²) in [7, 11) is -9.92. The van der Waals surface area contributed by atoms with Gasteiger partial charge in [-0.2, -0.15) is 0 Å². The molecule has 19 heteroatoms. The van der Waals surface area contributed by atoms with Crippen molar-refractivity contribution in [3.05, 3.63) is 0 Å². The molecule has 3 N–H and O–H groups in total. The lowest BCUT2D eigenvalue weighted by atomic mass is 9.99. The molecule has 0 amide bonds. The van der Waals surface area contributed by atoms with Crippen LogP contribution in [0, 0.1) is 23.7 Å². The molecule has 0 spiro atoms. The molecule has 0 heterocycles. The number of esters is 4. The van der Waals surface area contributed by atoms with E-state index in [-0.39, 0.29) is 25.7 Å². The Hall–Kier alpha value is -1.94. The lowest BCUT2D eigenvalue weighted by Crippen LogP contribution is -2.30. The average molecular weight is 1490 g/mol. The standard InChI is InChI=1S/C83H162O17P2/c1-9-76(8)62-54-46-37-31-24-20-16-12-10-11-13-17-21-25-33-39-49-57-66-83(88)100-79(70-94-81(86)64-56-48-42-41-45-53-61-75(6)7)72-98-102(91,92)96-68-77(84)67-95-101(89,90)97-71-78(69-93-80(85)63-55-47-38-32-28-27-30-36-44-52-60-74(4)5)99-82(87)65-58-50-40-34-26-22-18-14-15-19-23-29-35-43-51-59-73(2)3/h73-79,84H,9-72H2,1-8H3,(H,89,90)(H,91,92)/t76?,77-,78-,79-/m1/s1. The average Bonchev–Trinajstić information content (AvgIpc) is 0.925. The number of rotatable bonds is 80. The molecule has 6 atom stereocenters. The summed E-state index contributed by atoms with van der Waals surface area (Å²) in [6.45, 7) is 14.3. The van der Waals surface area contributed by atoms with E-state index in [0.29, 0.717) is 31.6 Å². The van der Waals surface area contributed by atoms with Crippen molar-refractivity contribution < 1.29 is 80.2 Å². The summed E-state index contributed by atoms with van der Waals surface area (Å²) < 4.78 is 68.7. The molecule has 0 saturated carbocycles. The fraction of sp³-hybridized carbons (Fsp3) is 0.952. The molecule has 606 valence electrons. The molecule has 102 heavy (non-hydrogen) atoms. The summed E-state index contributed by atoms with van der Waals surface area (Å²) in [6, 6.07) is 0. The normalized spacial score (nSPS) is 14.3. The van der Waals surface area contributed by atoms with Crippen molar-refractivity contribution in [1.82, 2.24) is 0 Å². The zero-order chi connectivity index (χ0) is 75.3. The molecule has 0 aliphatic rings. The van der Waals surface area contributed by atoms with Crippen LogP contribution in [0.25, 0.3) is 0 Å².